The molecule has 13 heavy (non-hydrogen) atoms. The Morgan fingerprint density at radius 3 is 2.92 bits per heavy atom. The summed E-state index contributed by atoms with van der Waals surface area (Å²) in [5.74, 6) is -0.564. The number of aliphatic hydroxyl groups excluding tert-OH is 1. The van der Waals surface area contributed by atoms with Gasteiger partial charge >= 0.3 is 0 Å². The van der Waals surface area contributed by atoms with Crippen molar-refractivity contribution in [3.8, 4) is 0 Å². The van der Waals surface area contributed by atoms with Gasteiger partial charge in [0.15, 0.2) is 0 Å². The number of hydrogen-bond donors (Lipinski definition) is 2. The molecular weight excluding hydrogens is 239 g/mol. The van der Waals surface area contributed by atoms with Crippen LogP contribution in [-0.2, 0) is 0 Å². The monoisotopic (exact) mass is 248 g/mol. The maximum Gasteiger partial charge on any atom is 0.227 e. The highest BCUT2D eigenvalue weighted by molar-refractivity contribution is 9.10. The summed E-state index contributed by atoms with van der Waals surface area (Å²) in [6, 6.07) is 1.03. The molecule has 0 fully saturated rings. The molecule has 0 bridgehead atoms. The summed E-state index contributed by atoms with van der Waals surface area (Å²) in [6.45, 7) is 1.47. The van der Waals surface area contributed by atoms with Crippen molar-refractivity contribution < 1.29 is 9.50 Å². The van der Waals surface area contributed by atoms with E-state index in [2.05, 4.69) is 20.9 Å². The Morgan fingerprint density at radius 2 is 2.38 bits per heavy atom. The lowest BCUT2D eigenvalue weighted by Gasteiger charge is -2.11. The maximum absolute atomic E-state index is 12.9. The number of hydrogen-bond acceptors (Lipinski definition) is 3. The lowest BCUT2D eigenvalue weighted by Crippen LogP contribution is -2.16. The van der Waals surface area contributed by atoms with Gasteiger partial charge in [-0.3, -0.25) is 0 Å². The molecule has 0 unspecified atom stereocenters. The van der Waals surface area contributed by atoms with Crippen LogP contribution in [0.1, 0.15) is 17.3 Å². The molecule has 3 nitrogen and oxygen atoms in total. The lowest BCUT2D eigenvalue weighted by molar-refractivity contribution is 0.267. The van der Waals surface area contributed by atoms with Crippen molar-refractivity contribution in [3.63, 3.8) is 0 Å². The third-order valence-electron chi connectivity index (χ3n) is 1.76. The molecule has 0 aliphatic carbocycles. The van der Waals surface area contributed by atoms with E-state index < -0.39 is 12.0 Å². The van der Waals surface area contributed by atoms with Gasteiger partial charge in [-0.05, 0) is 34.5 Å². The third-order valence-corrected chi connectivity index (χ3v) is 2.32. The summed E-state index contributed by atoms with van der Waals surface area (Å²) in [5.41, 5.74) is 6.73. The highest BCUT2D eigenvalue weighted by Gasteiger charge is 2.12. The van der Waals surface area contributed by atoms with Gasteiger partial charge in [0.25, 0.3) is 0 Å². The Labute approximate surface area is 83.9 Å². The van der Waals surface area contributed by atoms with Crippen LogP contribution in [0.15, 0.2) is 10.5 Å². The molecule has 72 valence electrons. The topological polar surface area (TPSA) is 59.1 Å². The van der Waals surface area contributed by atoms with Crippen LogP contribution in [0, 0.1) is 12.9 Å². The van der Waals surface area contributed by atoms with Gasteiger partial charge < -0.3 is 10.8 Å². The number of aromatic nitrogens is 1. The van der Waals surface area contributed by atoms with Gasteiger partial charge in [-0.2, -0.15) is 4.39 Å². The standard InChI is InChI=1S/C8H10BrFN2O/c1-4-5(7(11)3-13)2-6(9)8(10)12-4/h2,7,13H,3,11H2,1H3/t7-/m1/s1. The van der Waals surface area contributed by atoms with E-state index in [1.54, 1.807) is 13.0 Å². The SMILES string of the molecule is Cc1nc(F)c(Br)cc1[C@H](N)CO. The predicted octanol–water partition coefficient (Wildman–Crippen LogP) is 1.28. The number of halogens is 2. The number of aliphatic hydroxyl groups is 1. The van der Waals surface area contributed by atoms with Crippen molar-refractivity contribution in [2.75, 3.05) is 6.61 Å². The summed E-state index contributed by atoms with van der Waals surface area (Å²) in [5, 5.41) is 8.81. The first-order chi connectivity index (χ1) is 6.06. The molecule has 0 aliphatic rings. The first kappa shape index (κ1) is 10.6. The molecule has 0 radical (unpaired) electrons. The maximum atomic E-state index is 12.9. The summed E-state index contributed by atoms with van der Waals surface area (Å²) in [7, 11) is 0. The molecule has 0 amide bonds. The van der Waals surface area contributed by atoms with Gasteiger partial charge in [-0.15, -0.1) is 0 Å². The van der Waals surface area contributed by atoms with Crippen molar-refractivity contribution in [3.05, 3.63) is 27.7 Å². The first-order valence-corrected chi connectivity index (χ1v) is 4.54. The number of nitrogens with two attached hydrogens (primary N) is 1. The molecule has 0 aliphatic heterocycles. The second-order valence-corrected chi connectivity index (χ2v) is 3.58. The zero-order valence-electron chi connectivity index (χ0n) is 7.09. The van der Waals surface area contributed by atoms with E-state index in [0.717, 1.165) is 0 Å². The zero-order valence-corrected chi connectivity index (χ0v) is 8.68. The molecule has 3 N–H and O–H groups in total. The van der Waals surface area contributed by atoms with E-state index in [0.29, 0.717) is 11.3 Å². The Bertz CT molecular complexity index is 319. The lowest BCUT2D eigenvalue weighted by atomic mass is 10.1. The fourth-order valence-corrected chi connectivity index (χ4v) is 1.37. The molecule has 0 saturated heterocycles. The van der Waals surface area contributed by atoms with E-state index in [-0.39, 0.29) is 11.1 Å². The van der Waals surface area contributed by atoms with Crippen LogP contribution in [-0.4, -0.2) is 16.7 Å². The number of rotatable bonds is 2. The molecule has 1 rings (SSSR count). The molecular formula is C8H10BrFN2O. The number of nitrogens with zero attached hydrogens (tertiary/aromatic N) is 1. The summed E-state index contributed by atoms with van der Waals surface area (Å²) in [6.07, 6.45) is 0. The van der Waals surface area contributed by atoms with Gasteiger partial charge in [0.2, 0.25) is 5.95 Å². The average Bonchev–Trinajstić information content (AvgIpc) is 2.10. The molecule has 5 heteroatoms. The van der Waals surface area contributed by atoms with Crippen LogP contribution >= 0.6 is 15.9 Å². The molecule has 1 aromatic heterocycles. The second-order valence-electron chi connectivity index (χ2n) is 2.72. The number of aryl methyl sites for hydroxylation is 1. The largest absolute Gasteiger partial charge is 0.394 e. The average molecular weight is 249 g/mol. The van der Waals surface area contributed by atoms with Crippen LogP contribution in [0.5, 0.6) is 0 Å². The van der Waals surface area contributed by atoms with Crippen molar-refractivity contribution in [1.29, 1.82) is 0 Å². The minimum Gasteiger partial charge on any atom is -0.394 e. The van der Waals surface area contributed by atoms with E-state index in [9.17, 15) is 4.39 Å². The fraction of sp³-hybridized carbons (Fsp3) is 0.375. The Hall–Kier alpha value is -0.520. The van der Waals surface area contributed by atoms with E-state index in [4.69, 9.17) is 10.8 Å². The third kappa shape index (κ3) is 2.24. The summed E-state index contributed by atoms with van der Waals surface area (Å²) >= 11 is 3.00. The fourth-order valence-electron chi connectivity index (χ4n) is 1.04. The normalized spacial score (nSPS) is 13.0. The minimum absolute atomic E-state index is 0.180. The van der Waals surface area contributed by atoms with Crippen LogP contribution in [0.3, 0.4) is 0 Å². The predicted molar refractivity (Wildman–Crippen MR) is 50.6 cm³/mol. The van der Waals surface area contributed by atoms with Gasteiger partial charge in [-0.25, -0.2) is 4.98 Å². The summed E-state index contributed by atoms with van der Waals surface area (Å²) < 4.78 is 13.1. The smallest absolute Gasteiger partial charge is 0.227 e. The number of pyridine rings is 1. The van der Waals surface area contributed by atoms with Gasteiger partial charge in [0, 0.05) is 5.69 Å². The van der Waals surface area contributed by atoms with E-state index in [1.165, 1.54) is 0 Å². The van der Waals surface area contributed by atoms with Crippen LogP contribution < -0.4 is 5.73 Å². The van der Waals surface area contributed by atoms with E-state index >= 15 is 0 Å². The minimum atomic E-state index is -0.564. The Morgan fingerprint density at radius 1 is 1.77 bits per heavy atom. The molecule has 1 atom stereocenters. The van der Waals surface area contributed by atoms with Gasteiger partial charge in [0.05, 0.1) is 17.1 Å². The van der Waals surface area contributed by atoms with Crippen LogP contribution in [0.2, 0.25) is 0 Å². The zero-order chi connectivity index (χ0) is 10.0. The highest BCUT2D eigenvalue weighted by Crippen LogP contribution is 2.21. The van der Waals surface area contributed by atoms with Crippen molar-refractivity contribution >= 4 is 15.9 Å². The van der Waals surface area contributed by atoms with Crippen LogP contribution in [0.4, 0.5) is 4.39 Å². The quantitative estimate of drug-likeness (QED) is 0.776. The van der Waals surface area contributed by atoms with Crippen LogP contribution in [0.25, 0.3) is 0 Å². The molecule has 0 aromatic carbocycles. The first-order valence-electron chi connectivity index (χ1n) is 3.75. The Kier molecular flexibility index (Phi) is 3.35. The molecule has 1 heterocycles. The molecule has 0 saturated carbocycles. The molecule has 1 aromatic rings. The molecule has 0 spiro atoms. The Balaban J connectivity index is 3.15. The second kappa shape index (κ2) is 4.13. The van der Waals surface area contributed by atoms with Gasteiger partial charge in [0.1, 0.15) is 0 Å². The summed E-state index contributed by atoms with van der Waals surface area (Å²) in [4.78, 5) is 3.64. The van der Waals surface area contributed by atoms with Crippen molar-refractivity contribution in [2.24, 2.45) is 5.73 Å². The van der Waals surface area contributed by atoms with Crippen molar-refractivity contribution in [2.45, 2.75) is 13.0 Å². The van der Waals surface area contributed by atoms with Gasteiger partial charge in [-0.1, -0.05) is 0 Å². The van der Waals surface area contributed by atoms with E-state index in [1.807, 2.05) is 0 Å². The highest BCUT2D eigenvalue weighted by atomic mass is 79.9. The van der Waals surface area contributed by atoms with Crippen molar-refractivity contribution in [1.82, 2.24) is 4.98 Å².